The van der Waals surface area contributed by atoms with Gasteiger partial charge in [-0.1, -0.05) is 28.1 Å². The second-order valence-electron chi connectivity index (χ2n) is 8.29. The number of hydrogen-bond donors (Lipinski definition) is 1. The summed E-state index contributed by atoms with van der Waals surface area (Å²) in [5.74, 6) is 0.0567. The number of fused-ring (bicyclic) bond motifs is 1. The zero-order chi connectivity index (χ0) is 25.0. The number of amides is 2. The summed E-state index contributed by atoms with van der Waals surface area (Å²) in [6, 6.07) is 11.1. The van der Waals surface area contributed by atoms with Gasteiger partial charge in [0.1, 0.15) is 12.6 Å². The quantitative estimate of drug-likeness (QED) is 0.511. The van der Waals surface area contributed by atoms with Crippen LogP contribution in [0.1, 0.15) is 26.3 Å². The van der Waals surface area contributed by atoms with Crippen LogP contribution in [0.15, 0.2) is 46.9 Å². The van der Waals surface area contributed by atoms with Crippen LogP contribution in [-0.2, 0) is 26.2 Å². The molecular formula is C23H28BrN3O6S. The van der Waals surface area contributed by atoms with E-state index in [1.165, 1.54) is 11.0 Å². The summed E-state index contributed by atoms with van der Waals surface area (Å²) in [7, 11) is -3.82. The molecule has 1 aliphatic heterocycles. The Labute approximate surface area is 208 Å². The smallest absolute Gasteiger partial charge is 0.244 e. The van der Waals surface area contributed by atoms with Crippen LogP contribution in [0, 0.1) is 0 Å². The third-order valence-corrected chi connectivity index (χ3v) is 6.86. The molecule has 2 aromatic carbocycles. The molecule has 2 amide bonds. The largest absolute Gasteiger partial charge is 0.454 e. The van der Waals surface area contributed by atoms with Crippen molar-refractivity contribution >= 4 is 43.5 Å². The predicted octanol–water partition coefficient (Wildman–Crippen LogP) is 2.89. The van der Waals surface area contributed by atoms with Crippen LogP contribution in [0.3, 0.4) is 0 Å². The van der Waals surface area contributed by atoms with E-state index < -0.39 is 28.5 Å². The molecule has 0 unspecified atom stereocenters. The van der Waals surface area contributed by atoms with Gasteiger partial charge in [-0.05, 0) is 50.6 Å². The highest BCUT2D eigenvalue weighted by atomic mass is 79.9. The van der Waals surface area contributed by atoms with Gasteiger partial charge in [-0.15, -0.1) is 0 Å². The van der Waals surface area contributed by atoms with Gasteiger partial charge in [0.15, 0.2) is 11.5 Å². The molecule has 0 fully saturated rings. The van der Waals surface area contributed by atoms with E-state index in [1.54, 1.807) is 19.1 Å². The van der Waals surface area contributed by atoms with Crippen LogP contribution in [0.25, 0.3) is 0 Å². The van der Waals surface area contributed by atoms with E-state index in [2.05, 4.69) is 21.2 Å². The molecule has 1 N–H and O–H groups in total. The fourth-order valence-corrected chi connectivity index (χ4v) is 4.53. The molecule has 0 aromatic heterocycles. The van der Waals surface area contributed by atoms with Crippen LogP contribution in [0.2, 0.25) is 0 Å². The third kappa shape index (κ3) is 6.41. The Morgan fingerprint density at radius 3 is 2.32 bits per heavy atom. The summed E-state index contributed by atoms with van der Waals surface area (Å²) in [6.07, 6.45) is 1.03. The minimum Gasteiger partial charge on any atom is -0.454 e. The lowest BCUT2D eigenvalue weighted by molar-refractivity contribution is -0.139. The van der Waals surface area contributed by atoms with E-state index in [0.29, 0.717) is 11.5 Å². The first-order valence-corrected chi connectivity index (χ1v) is 13.3. The Kier molecular flexibility index (Phi) is 8.09. The molecular weight excluding hydrogens is 526 g/mol. The normalized spacial score (nSPS) is 13.5. The average molecular weight is 554 g/mol. The summed E-state index contributed by atoms with van der Waals surface area (Å²) < 4.78 is 37.8. The van der Waals surface area contributed by atoms with Crippen molar-refractivity contribution in [3.05, 3.63) is 52.5 Å². The first-order chi connectivity index (χ1) is 16.0. The van der Waals surface area contributed by atoms with Crippen molar-refractivity contribution in [2.24, 2.45) is 0 Å². The molecule has 9 nitrogen and oxygen atoms in total. The van der Waals surface area contributed by atoms with Crippen molar-refractivity contribution < 1.29 is 27.5 Å². The number of ether oxygens (including phenoxy) is 2. The molecule has 11 heteroatoms. The highest BCUT2D eigenvalue weighted by Gasteiger charge is 2.31. The Hall–Kier alpha value is -2.79. The van der Waals surface area contributed by atoms with Crippen LogP contribution < -0.4 is 19.1 Å². The first kappa shape index (κ1) is 25.8. The Balaban J connectivity index is 1.90. The topological polar surface area (TPSA) is 105 Å². The lowest BCUT2D eigenvalue weighted by Crippen LogP contribution is -2.52. The van der Waals surface area contributed by atoms with Crippen LogP contribution in [0.4, 0.5) is 5.69 Å². The summed E-state index contributed by atoms with van der Waals surface area (Å²) in [6.45, 7) is 4.98. The van der Waals surface area contributed by atoms with Gasteiger partial charge in [0, 0.05) is 23.1 Å². The minimum absolute atomic E-state index is 0.0417. The molecule has 184 valence electrons. The fourth-order valence-electron chi connectivity index (χ4n) is 3.43. The van der Waals surface area contributed by atoms with Crippen molar-refractivity contribution in [1.82, 2.24) is 10.2 Å². The minimum atomic E-state index is -3.82. The highest BCUT2D eigenvalue weighted by molar-refractivity contribution is 9.10. The van der Waals surface area contributed by atoms with Gasteiger partial charge in [-0.25, -0.2) is 8.42 Å². The standard InChI is InChI=1S/C23H28BrN3O6S/c1-15(2)25-23(29)16(3)26(12-17-5-7-18(24)8-6-17)22(28)13-27(34(4,30)31)19-9-10-20-21(11-19)33-14-32-20/h5-11,15-16H,12-14H2,1-4H3,(H,25,29)/t16-/m1/s1. The van der Waals surface area contributed by atoms with Crippen molar-refractivity contribution in [2.75, 3.05) is 23.9 Å². The zero-order valence-electron chi connectivity index (χ0n) is 19.4. The number of nitrogens with zero attached hydrogens (tertiary/aromatic N) is 2. The maximum atomic E-state index is 13.5. The highest BCUT2D eigenvalue weighted by Crippen LogP contribution is 2.36. The van der Waals surface area contributed by atoms with Crippen molar-refractivity contribution in [1.29, 1.82) is 0 Å². The maximum Gasteiger partial charge on any atom is 0.244 e. The molecule has 0 radical (unpaired) electrons. The first-order valence-electron chi connectivity index (χ1n) is 10.7. The lowest BCUT2D eigenvalue weighted by Gasteiger charge is -2.32. The summed E-state index contributed by atoms with van der Waals surface area (Å²) in [4.78, 5) is 27.6. The van der Waals surface area contributed by atoms with Gasteiger partial charge >= 0.3 is 0 Å². The predicted molar refractivity (Wildman–Crippen MR) is 132 cm³/mol. The van der Waals surface area contributed by atoms with Gasteiger partial charge in [-0.3, -0.25) is 13.9 Å². The molecule has 0 saturated heterocycles. The molecule has 1 aliphatic rings. The molecule has 0 bridgehead atoms. The number of anilines is 1. The number of benzene rings is 2. The Morgan fingerprint density at radius 2 is 1.71 bits per heavy atom. The average Bonchev–Trinajstić information content (AvgIpc) is 3.23. The SMILES string of the molecule is CC(C)NC(=O)[C@@H](C)N(Cc1ccc(Br)cc1)C(=O)CN(c1ccc2c(c1)OCO2)S(C)(=O)=O. The Morgan fingerprint density at radius 1 is 1.06 bits per heavy atom. The van der Waals surface area contributed by atoms with E-state index in [0.717, 1.165) is 20.6 Å². The van der Waals surface area contributed by atoms with Crippen LogP contribution in [-0.4, -0.2) is 56.8 Å². The second kappa shape index (κ2) is 10.6. The molecule has 3 rings (SSSR count). The second-order valence-corrected chi connectivity index (χ2v) is 11.1. The molecule has 0 saturated carbocycles. The van der Waals surface area contributed by atoms with E-state index in [4.69, 9.17) is 9.47 Å². The number of halogens is 1. The van der Waals surface area contributed by atoms with E-state index in [1.807, 2.05) is 38.1 Å². The van der Waals surface area contributed by atoms with Gasteiger partial charge < -0.3 is 19.7 Å². The van der Waals surface area contributed by atoms with Crippen molar-refractivity contribution in [3.63, 3.8) is 0 Å². The number of rotatable bonds is 9. The van der Waals surface area contributed by atoms with Crippen LogP contribution >= 0.6 is 15.9 Å². The van der Waals surface area contributed by atoms with E-state index in [-0.39, 0.29) is 31.0 Å². The molecule has 0 spiro atoms. The fraction of sp³-hybridized carbons (Fsp3) is 0.391. The van der Waals surface area contributed by atoms with Crippen LogP contribution in [0.5, 0.6) is 11.5 Å². The number of hydrogen-bond acceptors (Lipinski definition) is 6. The number of sulfonamides is 1. The van der Waals surface area contributed by atoms with Gasteiger partial charge in [-0.2, -0.15) is 0 Å². The number of carbonyl (C=O) groups is 2. The van der Waals surface area contributed by atoms with Crippen molar-refractivity contribution in [3.8, 4) is 11.5 Å². The molecule has 34 heavy (non-hydrogen) atoms. The third-order valence-electron chi connectivity index (χ3n) is 5.19. The molecule has 0 aliphatic carbocycles. The van der Waals surface area contributed by atoms with Crippen molar-refractivity contribution in [2.45, 2.75) is 39.4 Å². The summed E-state index contributed by atoms with van der Waals surface area (Å²) in [5, 5.41) is 2.81. The Bertz CT molecular complexity index is 1150. The van der Waals surface area contributed by atoms with E-state index >= 15 is 0 Å². The monoisotopic (exact) mass is 553 g/mol. The zero-order valence-corrected chi connectivity index (χ0v) is 21.9. The van der Waals surface area contributed by atoms with Gasteiger partial charge in [0.25, 0.3) is 0 Å². The van der Waals surface area contributed by atoms with Gasteiger partial charge in [0.2, 0.25) is 28.6 Å². The number of nitrogens with one attached hydrogen (secondary N) is 1. The maximum absolute atomic E-state index is 13.5. The van der Waals surface area contributed by atoms with Gasteiger partial charge in [0.05, 0.1) is 11.9 Å². The summed E-state index contributed by atoms with van der Waals surface area (Å²) >= 11 is 3.38. The molecule has 1 atom stereocenters. The summed E-state index contributed by atoms with van der Waals surface area (Å²) in [5.41, 5.74) is 1.07. The lowest BCUT2D eigenvalue weighted by atomic mass is 10.1. The molecule has 1 heterocycles. The number of carbonyl (C=O) groups excluding carboxylic acids is 2. The van der Waals surface area contributed by atoms with E-state index in [9.17, 15) is 18.0 Å². The molecule has 2 aromatic rings.